The van der Waals surface area contributed by atoms with E-state index >= 15 is 0 Å². The first-order valence-electron chi connectivity index (χ1n) is 7.73. The Balaban J connectivity index is 1.96. The summed E-state index contributed by atoms with van der Waals surface area (Å²) in [6.45, 7) is 2.31. The van der Waals surface area contributed by atoms with Crippen LogP contribution >= 0.6 is 0 Å². The van der Waals surface area contributed by atoms with Gasteiger partial charge in [-0.2, -0.15) is 5.26 Å². The second-order valence-electron chi connectivity index (χ2n) is 5.78. The molecular weight excluding hydrogens is 312 g/mol. The molecule has 1 aromatic carbocycles. The summed E-state index contributed by atoms with van der Waals surface area (Å²) >= 11 is 0. The first kappa shape index (κ1) is 17.8. The van der Waals surface area contributed by atoms with Crippen LogP contribution in [0, 0.1) is 16.7 Å². The molecule has 1 amide bonds. The van der Waals surface area contributed by atoms with Crippen LogP contribution in [0.5, 0.6) is 5.75 Å². The summed E-state index contributed by atoms with van der Waals surface area (Å²) in [5.74, 6) is -1.04. The summed E-state index contributed by atoms with van der Waals surface area (Å²) in [4.78, 5) is 23.8. The summed E-state index contributed by atoms with van der Waals surface area (Å²) in [5.41, 5.74) is -0.665. The molecule has 0 bridgehead atoms. The van der Waals surface area contributed by atoms with Crippen LogP contribution in [-0.4, -0.2) is 42.8 Å². The van der Waals surface area contributed by atoms with Gasteiger partial charge in [-0.1, -0.05) is 12.1 Å². The van der Waals surface area contributed by atoms with Crippen molar-refractivity contribution >= 4 is 11.9 Å². The molecular formula is C17H20N2O5. The number of carbonyl (C=O) groups is 2. The van der Waals surface area contributed by atoms with Gasteiger partial charge in [-0.3, -0.25) is 9.59 Å². The number of nitrogens with one attached hydrogen (secondary N) is 1. The lowest BCUT2D eigenvalue weighted by atomic mass is 9.80. The largest absolute Gasteiger partial charge is 0.481 e. The van der Waals surface area contributed by atoms with Crippen LogP contribution in [0.3, 0.4) is 0 Å². The number of nitriles is 1. The number of carboxylic acid groups (broad SMARTS) is 1. The Hall–Kier alpha value is -2.59. The van der Waals surface area contributed by atoms with Crippen molar-refractivity contribution in [3.63, 3.8) is 0 Å². The molecule has 2 N–H and O–H groups in total. The topological polar surface area (TPSA) is 109 Å². The van der Waals surface area contributed by atoms with Crippen LogP contribution < -0.4 is 10.1 Å². The summed E-state index contributed by atoms with van der Waals surface area (Å²) in [7, 11) is 0. The Morgan fingerprint density at radius 3 is 2.71 bits per heavy atom. The lowest BCUT2D eigenvalue weighted by Gasteiger charge is -2.33. The lowest BCUT2D eigenvalue weighted by molar-refractivity contribution is -0.155. The van der Waals surface area contributed by atoms with E-state index in [9.17, 15) is 14.7 Å². The predicted octanol–water partition coefficient (Wildman–Crippen LogP) is 1.32. The maximum absolute atomic E-state index is 12.2. The van der Waals surface area contributed by atoms with Gasteiger partial charge in [-0.15, -0.1) is 0 Å². The SMILES string of the molecule is CC(Oc1ccccc1C#N)C(=O)NCC1(C(=O)O)CCOCC1. The third kappa shape index (κ3) is 4.03. The predicted molar refractivity (Wildman–Crippen MR) is 84.4 cm³/mol. The molecule has 1 aliphatic heterocycles. The van der Waals surface area contributed by atoms with Gasteiger partial charge in [0.1, 0.15) is 11.8 Å². The summed E-state index contributed by atoms with van der Waals surface area (Å²) in [5, 5.41) is 21.1. The average molecular weight is 332 g/mol. The third-order valence-corrected chi connectivity index (χ3v) is 4.19. The molecule has 128 valence electrons. The quantitative estimate of drug-likeness (QED) is 0.813. The van der Waals surface area contributed by atoms with Crippen molar-refractivity contribution in [3.8, 4) is 11.8 Å². The number of carboxylic acids is 1. The highest BCUT2D eigenvalue weighted by molar-refractivity contribution is 5.82. The van der Waals surface area contributed by atoms with E-state index in [4.69, 9.17) is 14.7 Å². The second kappa shape index (κ2) is 7.79. The zero-order valence-corrected chi connectivity index (χ0v) is 13.4. The molecule has 0 spiro atoms. The van der Waals surface area contributed by atoms with Crippen LogP contribution in [0.1, 0.15) is 25.3 Å². The van der Waals surface area contributed by atoms with Crippen LogP contribution in [0.25, 0.3) is 0 Å². The van der Waals surface area contributed by atoms with Gasteiger partial charge in [0.05, 0.1) is 11.0 Å². The number of benzene rings is 1. The van der Waals surface area contributed by atoms with Gasteiger partial charge in [0.15, 0.2) is 6.10 Å². The van der Waals surface area contributed by atoms with Gasteiger partial charge < -0.3 is 19.9 Å². The average Bonchev–Trinajstić information content (AvgIpc) is 2.60. The van der Waals surface area contributed by atoms with E-state index in [0.29, 0.717) is 37.4 Å². The third-order valence-electron chi connectivity index (χ3n) is 4.19. The molecule has 1 heterocycles. The fourth-order valence-electron chi connectivity index (χ4n) is 2.53. The molecule has 1 aromatic rings. The van der Waals surface area contributed by atoms with E-state index in [1.807, 2.05) is 6.07 Å². The zero-order valence-electron chi connectivity index (χ0n) is 13.4. The minimum absolute atomic E-state index is 0.0259. The first-order chi connectivity index (χ1) is 11.5. The van der Waals surface area contributed by atoms with E-state index in [0.717, 1.165) is 0 Å². The molecule has 1 aliphatic rings. The van der Waals surface area contributed by atoms with Crippen molar-refractivity contribution in [2.24, 2.45) is 5.41 Å². The lowest BCUT2D eigenvalue weighted by Crippen LogP contribution is -2.48. The van der Waals surface area contributed by atoms with Gasteiger partial charge in [0, 0.05) is 19.8 Å². The first-order valence-corrected chi connectivity index (χ1v) is 7.73. The van der Waals surface area contributed by atoms with E-state index in [1.165, 1.54) is 0 Å². The molecule has 1 saturated heterocycles. The minimum Gasteiger partial charge on any atom is -0.481 e. The summed E-state index contributed by atoms with van der Waals surface area (Å²) in [6.07, 6.45) is -0.130. The fourth-order valence-corrected chi connectivity index (χ4v) is 2.53. The monoisotopic (exact) mass is 332 g/mol. The number of hydrogen-bond acceptors (Lipinski definition) is 5. The zero-order chi connectivity index (χ0) is 17.6. The van der Waals surface area contributed by atoms with Gasteiger partial charge >= 0.3 is 5.97 Å². The van der Waals surface area contributed by atoms with E-state index in [2.05, 4.69) is 5.32 Å². The number of amides is 1. The Morgan fingerprint density at radius 2 is 2.08 bits per heavy atom. The van der Waals surface area contributed by atoms with Crippen LogP contribution in [-0.2, 0) is 14.3 Å². The molecule has 24 heavy (non-hydrogen) atoms. The molecule has 1 atom stereocenters. The molecule has 2 rings (SSSR count). The van der Waals surface area contributed by atoms with Crippen molar-refractivity contribution in [1.82, 2.24) is 5.32 Å². The Bertz CT molecular complexity index is 647. The molecule has 1 fully saturated rings. The highest BCUT2D eigenvalue weighted by Gasteiger charge is 2.40. The normalized spacial score (nSPS) is 17.3. The fraction of sp³-hybridized carbons (Fsp3) is 0.471. The van der Waals surface area contributed by atoms with Gasteiger partial charge in [-0.25, -0.2) is 0 Å². The summed E-state index contributed by atoms with van der Waals surface area (Å²) in [6, 6.07) is 8.62. The molecule has 7 nitrogen and oxygen atoms in total. The summed E-state index contributed by atoms with van der Waals surface area (Å²) < 4.78 is 10.7. The smallest absolute Gasteiger partial charge is 0.311 e. The van der Waals surface area contributed by atoms with E-state index in [-0.39, 0.29) is 6.54 Å². The van der Waals surface area contributed by atoms with Crippen LogP contribution in [0.4, 0.5) is 0 Å². The molecule has 0 aliphatic carbocycles. The maximum Gasteiger partial charge on any atom is 0.311 e. The standard InChI is InChI=1S/C17H20N2O5/c1-12(24-14-5-3-2-4-13(14)10-18)15(20)19-11-17(16(21)22)6-8-23-9-7-17/h2-5,12H,6-9,11H2,1H3,(H,19,20)(H,21,22). The van der Waals surface area contributed by atoms with E-state index in [1.54, 1.807) is 31.2 Å². The number of carbonyl (C=O) groups excluding carboxylic acids is 1. The highest BCUT2D eigenvalue weighted by Crippen LogP contribution is 2.30. The number of para-hydroxylation sites is 1. The number of hydrogen-bond donors (Lipinski definition) is 2. The Kier molecular flexibility index (Phi) is 5.77. The molecule has 0 saturated carbocycles. The number of rotatable bonds is 6. The number of ether oxygens (including phenoxy) is 2. The van der Waals surface area contributed by atoms with Crippen molar-refractivity contribution in [2.75, 3.05) is 19.8 Å². The molecule has 0 aromatic heterocycles. The van der Waals surface area contributed by atoms with Gasteiger partial charge in [0.2, 0.25) is 0 Å². The minimum atomic E-state index is -1.00. The molecule has 0 radical (unpaired) electrons. The van der Waals surface area contributed by atoms with Gasteiger partial charge in [-0.05, 0) is 31.9 Å². The maximum atomic E-state index is 12.2. The van der Waals surface area contributed by atoms with Crippen molar-refractivity contribution in [1.29, 1.82) is 5.26 Å². The number of nitrogens with zero attached hydrogens (tertiary/aromatic N) is 1. The van der Waals surface area contributed by atoms with Gasteiger partial charge in [0.25, 0.3) is 5.91 Å². The van der Waals surface area contributed by atoms with Crippen LogP contribution in [0.2, 0.25) is 0 Å². The van der Waals surface area contributed by atoms with Crippen molar-refractivity contribution < 1.29 is 24.2 Å². The molecule has 1 unspecified atom stereocenters. The Morgan fingerprint density at radius 1 is 1.42 bits per heavy atom. The molecule has 7 heteroatoms. The Labute approximate surface area is 140 Å². The van der Waals surface area contributed by atoms with E-state index < -0.39 is 23.4 Å². The van der Waals surface area contributed by atoms with Crippen molar-refractivity contribution in [3.05, 3.63) is 29.8 Å². The number of aliphatic carboxylic acids is 1. The van der Waals surface area contributed by atoms with Crippen LogP contribution in [0.15, 0.2) is 24.3 Å². The van der Waals surface area contributed by atoms with Crippen molar-refractivity contribution in [2.45, 2.75) is 25.9 Å². The second-order valence-corrected chi connectivity index (χ2v) is 5.78. The highest BCUT2D eigenvalue weighted by atomic mass is 16.5.